The molecule has 1 amide bonds. The van der Waals surface area contributed by atoms with Crippen molar-refractivity contribution in [2.24, 2.45) is 10.9 Å². The van der Waals surface area contributed by atoms with Crippen LogP contribution in [0.15, 0.2) is 57.2 Å². The molecule has 4 rings (SSSR count). The van der Waals surface area contributed by atoms with Crippen LogP contribution in [0.2, 0.25) is 0 Å². The maximum Gasteiger partial charge on any atom is 0.251 e. The summed E-state index contributed by atoms with van der Waals surface area (Å²) in [5.74, 6) is 0.608. The highest BCUT2D eigenvalue weighted by Gasteiger charge is 2.23. The largest absolute Gasteiger partial charge is 0.352 e. The molecule has 0 spiro atoms. The highest BCUT2D eigenvalue weighted by Crippen LogP contribution is 2.41. The Morgan fingerprint density at radius 1 is 1.22 bits per heavy atom. The van der Waals surface area contributed by atoms with Gasteiger partial charge in [-0.05, 0) is 56.0 Å². The standard InChI is InChI=1S/C26H32ClN3OS/c1-3-7-22-21-8-4-5-9-24(21)32-25-11-10-19(15-23(25)29-22)26(31)28-12-6-13-30-16-18(2)14-20(27)17-30/h4-5,8-11,15,18,20H,3,6-7,12-14,16-17H2,1-2H3,(H,28,31). The second-order valence-corrected chi connectivity index (χ2v) is 10.6. The first-order valence-electron chi connectivity index (χ1n) is 11.7. The van der Waals surface area contributed by atoms with Gasteiger partial charge in [0.2, 0.25) is 0 Å². The van der Waals surface area contributed by atoms with Gasteiger partial charge in [-0.3, -0.25) is 9.79 Å². The number of nitrogens with zero attached hydrogens (tertiary/aromatic N) is 2. The van der Waals surface area contributed by atoms with Crippen molar-refractivity contribution in [1.29, 1.82) is 0 Å². The van der Waals surface area contributed by atoms with E-state index in [9.17, 15) is 4.79 Å². The van der Waals surface area contributed by atoms with Crippen molar-refractivity contribution in [2.45, 2.75) is 54.7 Å². The van der Waals surface area contributed by atoms with Gasteiger partial charge >= 0.3 is 0 Å². The Bertz CT molecular complexity index is 983. The summed E-state index contributed by atoms with van der Waals surface area (Å²) in [4.78, 5) is 22.5. The van der Waals surface area contributed by atoms with Gasteiger partial charge in [0.15, 0.2) is 0 Å². The first-order valence-corrected chi connectivity index (χ1v) is 12.9. The molecule has 2 aliphatic rings. The monoisotopic (exact) mass is 469 g/mol. The van der Waals surface area contributed by atoms with Gasteiger partial charge in [0, 0.05) is 51.6 Å². The number of hydrogen-bond donors (Lipinski definition) is 1. The van der Waals surface area contributed by atoms with E-state index in [4.69, 9.17) is 16.6 Å². The van der Waals surface area contributed by atoms with E-state index in [0.717, 1.165) is 61.6 Å². The highest BCUT2D eigenvalue weighted by atomic mass is 35.5. The molecule has 0 bridgehead atoms. The number of halogens is 1. The second-order valence-electron chi connectivity index (χ2n) is 8.90. The molecule has 2 unspecified atom stereocenters. The summed E-state index contributed by atoms with van der Waals surface area (Å²) in [6.45, 7) is 8.11. The number of rotatable bonds is 7. The zero-order valence-electron chi connectivity index (χ0n) is 18.9. The second kappa shape index (κ2) is 10.9. The van der Waals surface area contributed by atoms with E-state index in [1.165, 1.54) is 10.5 Å². The number of amides is 1. The van der Waals surface area contributed by atoms with Gasteiger partial charge in [0.05, 0.1) is 5.69 Å². The summed E-state index contributed by atoms with van der Waals surface area (Å²) >= 11 is 8.08. The minimum atomic E-state index is -0.0333. The minimum Gasteiger partial charge on any atom is -0.352 e. The number of aliphatic imine (C=N–C) groups is 1. The molecule has 2 aromatic rings. The predicted octanol–water partition coefficient (Wildman–Crippen LogP) is 6.14. The number of piperidine rings is 1. The number of benzene rings is 2. The third-order valence-corrected chi connectivity index (χ3v) is 7.46. The van der Waals surface area contributed by atoms with Gasteiger partial charge in [0.25, 0.3) is 5.91 Å². The Morgan fingerprint density at radius 2 is 2.06 bits per heavy atom. The molecule has 0 radical (unpaired) electrons. The van der Waals surface area contributed by atoms with Crippen molar-refractivity contribution in [2.75, 3.05) is 26.2 Å². The molecule has 0 aromatic heterocycles. The lowest BCUT2D eigenvalue weighted by molar-refractivity contribution is 0.0950. The van der Waals surface area contributed by atoms with E-state index < -0.39 is 0 Å². The van der Waals surface area contributed by atoms with Crippen LogP contribution in [0.5, 0.6) is 0 Å². The summed E-state index contributed by atoms with van der Waals surface area (Å²) in [5, 5.41) is 3.33. The van der Waals surface area contributed by atoms with Gasteiger partial charge in [-0.15, -0.1) is 11.6 Å². The van der Waals surface area contributed by atoms with Crippen molar-refractivity contribution in [3.8, 4) is 0 Å². The van der Waals surface area contributed by atoms with Crippen LogP contribution >= 0.6 is 23.4 Å². The van der Waals surface area contributed by atoms with Gasteiger partial charge in [-0.1, -0.05) is 50.2 Å². The number of carbonyl (C=O) groups excluding carboxylic acids is 1. The fourth-order valence-electron chi connectivity index (χ4n) is 4.55. The summed E-state index contributed by atoms with van der Waals surface area (Å²) < 4.78 is 0. The van der Waals surface area contributed by atoms with Gasteiger partial charge < -0.3 is 10.2 Å². The summed E-state index contributed by atoms with van der Waals surface area (Å²) in [5.41, 5.74) is 3.85. The lowest BCUT2D eigenvalue weighted by atomic mass is 10.00. The van der Waals surface area contributed by atoms with Crippen molar-refractivity contribution < 1.29 is 4.79 Å². The Labute approximate surface area is 200 Å². The molecule has 170 valence electrons. The van der Waals surface area contributed by atoms with Gasteiger partial charge in [-0.2, -0.15) is 0 Å². The normalized spacial score (nSPS) is 20.7. The molecule has 2 atom stereocenters. The average molecular weight is 470 g/mol. The molecule has 0 aliphatic carbocycles. The van der Waals surface area contributed by atoms with Gasteiger partial charge in [0.1, 0.15) is 0 Å². The molecule has 1 saturated heterocycles. The van der Waals surface area contributed by atoms with Crippen LogP contribution in [0.3, 0.4) is 0 Å². The number of fused-ring (bicyclic) bond motifs is 2. The Balaban J connectivity index is 1.40. The molecule has 1 fully saturated rings. The molecule has 4 nitrogen and oxygen atoms in total. The summed E-state index contributed by atoms with van der Waals surface area (Å²) in [7, 11) is 0. The van der Waals surface area contributed by atoms with E-state index in [1.54, 1.807) is 11.8 Å². The topological polar surface area (TPSA) is 44.7 Å². The molecule has 2 aliphatic heterocycles. The van der Waals surface area contributed by atoms with Crippen LogP contribution in [0.25, 0.3) is 0 Å². The Morgan fingerprint density at radius 3 is 2.88 bits per heavy atom. The van der Waals surface area contributed by atoms with Crippen LogP contribution in [-0.2, 0) is 0 Å². The lowest BCUT2D eigenvalue weighted by Crippen LogP contribution is -2.41. The van der Waals surface area contributed by atoms with E-state index >= 15 is 0 Å². The van der Waals surface area contributed by atoms with Crippen molar-refractivity contribution in [1.82, 2.24) is 10.2 Å². The zero-order chi connectivity index (χ0) is 22.5. The predicted molar refractivity (Wildman–Crippen MR) is 135 cm³/mol. The molecule has 0 saturated carbocycles. The third-order valence-electron chi connectivity index (χ3n) is 6.00. The number of carbonyl (C=O) groups is 1. The Kier molecular flexibility index (Phi) is 7.93. The number of nitrogens with one attached hydrogen (secondary N) is 1. The fraction of sp³-hybridized carbons (Fsp3) is 0.462. The van der Waals surface area contributed by atoms with Crippen LogP contribution in [-0.4, -0.2) is 48.1 Å². The number of hydrogen-bond acceptors (Lipinski definition) is 4. The quantitative estimate of drug-likeness (QED) is 0.391. The minimum absolute atomic E-state index is 0.0333. The molecule has 2 aromatic carbocycles. The first kappa shape index (κ1) is 23.3. The smallest absolute Gasteiger partial charge is 0.251 e. The summed E-state index contributed by atoms with van der Waals surface area (Å²) in [6, 6.07) is 14.3. The number of likely N-dealkylation sites (tertiary alicyclic amines) is 1. The zero-order valence-corrected chi connectivity index (χ0v) is 20.5. The van der Waals surface area contributed by atoms with Crippen molar-refractivity contribution in [3.05, 3.63) is 53.6 Å². The highest BCUT2D eigenvalue weighted by molar-refractivity contribution is 7.99. The molecular weight excluding hydrogens is 438 g/mol. The van der Waals surface area contributed by atoms with Crippen LogP contribution in [0.1, 0.15) is 55.5 Å². The fourth-order valence-corrected chi connectivity index (χ4v) is 6.07. The molecule has 6 heteroatoms. The molecule has 1 N–H and O–H groups in total. The SMILES string of the molecule is CCCC1=Nc2cc(C(=O)NCCCN3CC(C)CC(Cl)C3)ccc2Sc2ccccc21. The molecule has 32 heavy (non-hydrogen) atoms. The van der Waals surface area contributed by atoms with E-state index in [-0.39, 0.29) is 11.3 Å². The van der Waals surface area contributed by atoms with Crippen molar-refractivity contribution >= 4 is 40.7 Å². The van der Waals surface area contributed by atoms with Crippen LogP contribution in [0, 0.1) is 5.92 Å². The van der Waals surface area contributed by atoms with Crippen LogP contribution < -0.4 is 5.32 Å². The third kappa shape index (κ3) is 5.75. The van der Waals surface area contributed by atoms with E-state index in [2.05, 4.69) is 48.3 Å². The van der Waals surface area contributed by atoms with Crippen molar-refractivity contribution in [3.63, 3.8) is 0 Å². The molecular formula is C26H32ClN3OS. The Hall–Kier alpha value is -1.82. The number of alkyl halides is 1. The van der Waals surface area contributed by atoms with E-state index in [1.807, 2.05) is 18.2 Å². The maximum atomic E-state index is 12.8. The molecule has 2 heterocycles. The summed E-state index contributed by atoms with van der Waals surface area (Å²) in [6.07, 6.45) is 3.98. The van der Waals surface area contributed by atoms with Crippen LogP contribution in [0.4, 0.5) is 5.69 Å². The van der Waals surface area contributed by atoms with Gasteiger partial charge in [-0.25, -0.2) is 0 Å². The first-order chi connectivity index (χ1) is 15.5. The average Bonchev–Trinajstić information content (AvgIpc) is 2.92. The lowest BCUT2D eigenvalue weighted by Gasteiger charge is -2.33. The van der Waals surface area contributed by atoms with E-state index in [0.29, 0.717) is 18.0 Å². The maximum absolute atomic E-state index is 12.8.